The van der Waals surface area contributed by atoms with Gasteiger partial charge in [-0.05, 0) is 36.6 Å². The van der Waals surface area contributed by atoms with Crippen LogP contribution in [-0.2, 0) is 0 Å². The van der Waals surface area contributed by atoms with E-state index in [0.29, 0.717) is 6.42 Å². The molecule has 2 rings (SSSR count). The first-order valence-electron chi connectivity index (χ1n) is 5.21. The topological polar surface area (TPSA) is 52.8 Å². The number of nitrogens with zero attached hydrogens (tertiary/aromatic N) is 1. The van der Waals surface area contributed by atoms with Crippen LogP contribution in [-0.4, -0.2) is 22.5 Å². The van der Waals surface area contributed by atoms with Crippen molar-refractivity contribution in [3.63, 3.8) is 0 Å². The Bertz CT molecular complexity index is 390. The number of fused-ring (bicyclic) bond motifs is 1. The predicted octanol–water partition coefficient (Wildman–Crippen LogP) is 2.12. The summed E-state index contributed by atoms with van der Waals surface area (Å²) in [7, 11) is 0. The highest BCUT2D eigenvalue weighted by molar-refractivity contribution is 6.06. The summed E-state index contributed by atoms with van der Waals surface area (Å²) in [6.07, 6.45) is 8.61. The molecule has 0 aromatic rings. The van der Waals surface area contributed by atoms with Gasteiger partial charge < -0.3 is 10.2 Å². The van der Waals surface area contributed by atoms with Gasteiger partial charge in [0.2, 0.25) is 0 Å². The van der Waals surface area contributed by atoms with Gasteiger partial charge in [-0.2, -0.15) is 0 Å². The van der Waals surface area contributed by atoms with E-state index in [1.807, 2.05) is 18.4 Å². The highest BCUT2D eigenvalue weighted by Gasteiger charge is 2.39. The maximum absolute atomic E-state index is 9.57. The van der Waals surface area contributed by atoms with E-state index in [2.05, 4.69) is 11.9 Å². The van der Waals surface area contributed by atoms with Crippen molar-refractivity contribution in [2.45, 2.75) is 19.8 Å². The van der Waals surface area contributed by atoms with Crippen molar-refractivity contribution >= 4 is 5.71 Å². The van der Waals surface area contributed by atoms with Gasteiger partial charge >= 0.3 is 0 Å². The van der Waals surface area contributed by atoms with Gasteiger partial charge in [-0.15, -0.1) is 0 Å². The number of aliphatic hydroxyl groups is 2. The molecule has 1 unspecified atom stereocenters. The fourth-order valence-electron chi connectivity index (χ4n) is 2.28. The lowest BCUT2D eigenvalue weighted by Gasteiger charge is -2.30. The first-order valence-corrected chi connectivity index (χ1v) is 5.21. The summed E-state index contributed by atoms with van der Waals surface area (Å²) in [6.45, 7) is 2.18. The molecule has 0 spiro atoms. The second-order valence-corrected chi connectivity index (χ2v) is 3.87. The van der Waals surface area contributed by atoms with Gasteiger partial charge in [0.15, 0.2) is 0 Å². The molecule has 80 valence electrons. The maximum atomic E-state index is 9.57. The van der Waals surface area contributed by atoms with Gasteiger partial charge in [0.25, 0.3) is 0 Å². The highest BCUT2D eigenvalue weighted by Crippen LogP contribution is 2.43. The summed E-state index contributed by atoms with van der Waals surface area (Å²) >= 11 is 0. The molecule has 3 heteroatoms. The van der Waals surface area contributed by atoms with Crippen molar-refractivity contribution in [3.8, 4) is 0 Å². The summed E-state index contributed by atoms with van der Waals surface area (Å²) in [6, 6.07) is 0. The zero-order chi connectivity index (χ0) is 10.9. The molecule has 1 aliphatic carbocycles. The third-order valence-electron chi connectivity index (χ3n) is 3.13. The normalized spacial score (nSPS) is 28.3. The van der Waals surface area contributed by atoms with E-state index >= 15 is 0 Å². The molecule has 0 saturated heterocycles. The van der Waals surface area contributed by atoms with Gasteiger partial charge in [-0.1, -0.05) is 6.92 Å². The fourth-order valence-corrected chi connectivity index (χ4v) is 2.28. The number of hydrogen-bond donors (Lipinski definition) is 2. The lowest BCUT2D eigenvalue weighted by atomic mass is 9.72. The molecule has 15 heavy (non-hydrogen) atoms. The summed E-state index contributed by atoms with van der Waals surface area (Å²) in [5, 5.41) is 18.6. The molecule has 0 radical (unpaired) electrons. The van der Waals surface area contributed by atoms with Crippen molar-refractivity contribution in [1.82, 2.24) is 0 Å². The van der Waals surface area contributed by atoms with E-state index in [4.69, 9.17) is 5.11 Å². The van der Waals surface area contributed by atoms with Crippen LogP contribution in [0.1, 0.15) is 19.8 Å². The Morgan fingerprint density at radius 1 is 1.40 bits per heavy atom. The van der Waals surface area contributed by atoms with Crippen LogP contribution in [0.15, 0.2) is 40.8 Å². The summed E-state index contributed by atoms with van der Waals surface area (Å²) in [5.74, 6) is 0.279. The van der Waals surface area contributed by atoms with E-state index in [1.165, 1.54) is 0 Å². The Morgan fingerprint density at radius 2 is 2.20 bits per heavy atom. The molecular formula is C12H15NO2. The fraction of sp³-hybridized carbons (Fsp3) is 0.417. The van der Waals surface area contributed by atoms with E-state index < -0.39 is 0 Å². The summed E-state index contributed by atoms with van der Waals surface area (Å²) in [4.78, 5) is 4.34. The molecule has 1 atom stereocenters. The van der Waals surface area contributed by atoms with E-state index in [9.17, 15) is 5.11 Å². The minimum atomic E-state index is -0.276. The number of hydrogen-bond acceptors (Lipinski definition) is 3. The molecule has 0 bridgehead atoms. The SMILES string of the molecule is CCC12C=C(O)C=CC1=NC=C2CCO. The Hall–Kier alpha value is -1.35. The van der Waals surface area contributed by atoms with Crippen molar-refractivity contribution in [1.29, 1.82) is 0 Å². The lowest BCUT2D eigenvalue weighted by molar-refractivity contribution is 0.292. The summed E-state index contributed by atoms with van der Waals surface area (Å²) in [5.41, 5.74) is 1.77. The minimum absolute atomic E-state index is 0.120. The van der Waals surface area contributed by atoms with Crippen LogP contribution in [0.3, 0.4) is 0 Å². The van der Waals surface area contributed by atoms with Crippen molar-refractivity contribution in [2.24, 2.45) is 10.4 Å². The van der Waals surface area contributed by atoms with E-state index in [1.54, 1.807) is 6.08 Å². The molecule has 0 aromatic carbocycles. The first kappa shape index (κ1) is 10.2. The summed E-state index contributed by atoms with van der Waals surface area (Å²) < 4.78 is 0. The van der Waals surface area contributed by atoms with Gasteiger partial charge in [-0.25, -0.2) is 0 Å². The molecule has 0 amide bonds. The Morgan fingerprint density at radius 3 is 2.87 bits per heavy atom. The largest absolute Gasteiger partial charge is 0.508 e. The third-order valence-corrected chi connectivity index (χ3v) is 3.13. The smallest absolute Gasteiger partial charge is 0.112 e. The van der Waals surface area contributed by atoms with Gasteiger partial charge in [0.05, 0.1) is 11.1 Å². The monoisotopic (exact) mass is 205 g/mol. The van der Waals surface area contributed by atoms with Crippen LogP contribution in [0.25, 0.3) is 0 Å². The zero-order valence-corrected chi connectivity index (χ0v) is 8.77. The van der Waals surface area contributed by atoms with Gasteiger partial charge in [-0.3, -0.25) is 4.99 Å². The van der Waals surface area contributed by atoms with Crippen molar-refractivity contribution < 1.29 is 10.2 Å². The second-order valence-electron chi connectivity index (χ2n) is 3.87. The quantitative estimate of drug-likeness (QED) is 0.741. The highest BCUT2D eigenvalue weighted by atomic mass is 16.3. The molecule has 2 aliphatic rings. The van der Waals surface area contributed by atoms with Crippen molar-refractivity contribution in [3.05, 3.63) is 35.8 Å². The molecular weight excluding hydrogens is 190 g/mol. The van der Waals surface area contributed by atoms with Crippen LogP contribution in [0.2, 0.25) is 0 Å². The molecule has 2 N–H and O–H groups in total. The molecule has 0 aromatic heterocycles. The molecule has 0 saturated carbocycles. The number of rotatable bonds is 3. The second kappa shape index (κ2) is 3.66. The van der Waals surface area contributed by atoms with Gasteiger partial charge in [0, 0.05) is 12.8 Å². The van der Waals surface area contributed by atoms with Crippen LogP contribution in [0, 0.1) is 5.41 Å². The molecule has 0 fully saturated rings. The Labute approximate surface area is 89.2 Å². The van der Waals surface area contributed by atoms with Crippen LogP contribution >= 0.6 is 0 Å². The Balaban J connectivity index is 2.40. The molecule has 1 heterocycles. The van der Waals surface area contributed by atoms with Crippen molar-refractivity contribution in [2.75, 3.05) is 6.61 Å². The maximum Gasteiger partial charge on any atom is 0.112 e. The molecule has 1 aliphatic heterocycles. The van der Waals surface area contributed by atoms with E-state index in [0.717, 1.165) is 17.7 Å². The molecule has 3 nitrogen and oxygen atoms in total. The number of allylic oxidation sites excluding steroid dienone is 3. The standard InChI is InChI=1S/C12H15NO2/c1-2-12-7-10(15)3-4-11(12)13-8-9(12)5-6-14/h3-4,7-8,14-15H,2,5-6H2,1H3. The predicted molar refractivity (Wildman–Crippen MR) is 59.8 cm³/mol. The number of aliphatic hydroxyl groups excluding tert-OH is 2. The third kappa shape index (κ3) is 1.43. The minimum Gasteiger partial charge on any atom is -0.508 e. The number of aliphatic imine (C=N–C) groups is 1. The van der Waals surface area contributed by atoms with E-state index in [-0.39, 0.29) is 17.8 Å². The first-order chi connectivity index (χ1) is 7.23. The Kier molecular flexibility index (Phi) is 2.49. The lowest BCUT2D eigenvalue weighted by Crippen LogP contribution is -2.29. The average molecular weight is 205 g/mol. The van der Waals surface area contributed by atoms with Crippen LogP contribution in [0.4, 0.5) is 0 Å². The van der Waals surface area contributed by atoms with Crippen LogP contribution in [0.5, 0.6) is 0 Å². The average Bonchev–Trinajstić information content (AvgIpc) is 2.58. The zero-order valence-electron chi connectivity index (χ0n) is 8.77. The van der Waals surface area contributed by atoms with Crippen LogP contribution < -0.4 is 0 Å². The van der Waals surface area contributed by atoms with Gasteiger partial charge in [0.1, 0.15) is 5.76 Å².